The molecule has 3 aromatic rings. The summed E-state index contributed by atoms with van der Waals surface area (Å²) >= 11 is 0. The molecule has 1 saturated carbocycles. The molecule has 8 nitrogen and oxygen atoms in total. The molecule has 1 amide bonds. The van der Waals surface area contributed by atoms with Crippen LogP contribution in [0.5, 0.6) is 0 Å². The number of carbonyl (C=O) groups excluding carboxylic acids is 1. The largest absolute Gasteiger partial charge is 0.389 e. The van der Waals surface area contributed by atoms with Crippen molar-refractivity contribution in [3.63, 3.8) is 0 Å². The Bertz CT molecular complexity index is 1030. The Labute approximate surface area is 176 Å². The number of benzene rings is 1. The first-order chi connectivity index (χ1) is 14.5. The van der Waals surface area contributed by atoms with Gasteiger partial charge in [-0.15, -0.1) is 0 Å². The van der Waals surface area contributed by atoms with E-state index in [9.17, 15) is 9.90 Å². The van der Waals surface area contributed by atoms with Crippen LogP contribution in [0.25, 0.3) is 11.0 Å². The van der Waals surface area contributed by atoms with E-state index in [1.807, 2.05) is 53.6 Å². The lowest BCUT2D eigenvalue weighted by molar-refractivity contribution is -0.141. The van der Waals surface area contributed by atoms with Gasteiger partial charge in [-0.2, -0.15) is 0 Å². The van der Waals surface area contributed by atoms with Crippen LogP contribution in [0.4, 0.5) is 0 Å². The average molecular weight is 412 g/mol. The smallest absolute Gasteiger partial charge is 0.248 e. The molecular weight excluding hydrogens is 382 g/mol. The quantitative estimate of drug-likeness (QED) is 0.672. The van der Waals surface area contributed by atoms with Crippen molar-refractivity contribution in [3.05, 3.63) is 48.3 Å². The van der Waals surface area contributed by atoms with Crippen LogP contribution in [0.15, 0.2) is 36.7 Å². The fraction of sp³-hybridized carbons (Fsp3) is 0.500. The number of hydrogen-bond acceptors (Lipinski definition) is 5. The van der Waals surface area contributed by atoms with E-state index in [1.54, 1.807) is 18.1 Å². The summed E-state index contributed by atoms with van der Waals surface area (Å²) in [5.41, 5.74) is 1.94. The zero-order valence-electron chi connectivity index (χ0n) is 17.7. The molecular formula is C22H29N5O3. The van der Waals surface area contributed by atoms with Crippen LogP contribution >= 0.6 is 0 Å². The van der Waals surface area contributed by atoms with Gasteiger partial charge < -0.3 is 23.9 Å². The van der Waals surface area contributed by atoms with Gasteiger partial charge >= 0.3 is 0 Å². The van der Waals surface area contributed by atoms with Crippen molar-refractivity contribution >= 4 is 16.9 Å². The number of aromatic nitrogens is 4. The van der Waals surface area contributed by atoms with Crippen LogP contribution in [0.1, 0.15) is 37.0 Å². The van der Waals surface area contributed by atoms with E-state index >= 15 is 0 Å². The number of imidazole rings is 2. The molecule has 2 aromatic heterocycles. The molecule has 4 rings (SSSR count). The van der Waals surface area contributed by atoms with Crippen LogP contribution in [0, 0.1) is 6.92 Å². The van der Waals surface area contributed by atoms with Gasteiger partial charge in [-0.3, -0.25) is 4.79 Å². The second kappa shape index (κ2) is 8.57. The van der Waals surface area contributed by atoms with Gasteiger partial charge in [0.1, 0.15) is 24.9 Å². The molecule has 8 heteroatoms. The van der Waals surface area contributed by atoms with Gasteiger partial charge in [-0.25, -0.2) is 9.97 Å². The van der Waals surface area contributed by atoms with Gasteiger partial charge in [0.2, 0.25) is 5.91 Å². The summed E-state index contributed by atoms with van der Waals surface area (Å²) in [7, 11) is 3.69. The molecule has 1 aliphatic carbocycles. The number of fused-ring (bicyclic) bond motifs is 1. The predicted molar refractivity (Wildman–Crippen MR) is 113 cm³/mol. The summed E-state index contributed by atoms with van der Waals surface area (Å²) in [4.78, 5) is 23.2. The number of ether oxygens (including phenoxy) is 1. The van der Waals surface area contributed by atoms with Crippen molar-refractivity contribution in [2.45, 2.75) is 51.0 Å². The maximum absolute atomic E-state index is 12.7. The number of likely N-dealkylation sites (N-methyl/N-ethyl adjacent to an activating group) is 1. The summed E-state index contributed by atoms with van der Waals surface area (Å²) in [5, 5.41) is 11.0. The first kappa shape index (κ1) is 20.6. The van der Waals surface area contributed by atoms with Gasteiger partial charge in [0, 0.05) is 26.5 Å². The fourth-order valence-electron chi connectivity index (χ4n) is 4.44. The Kier molecular flexibility index (Phi) is 5.87. The molecule has 1 aliphatic rings. The predicted octanol–water partition coefficient (Wildman–Crippen LogP) is 2.21. The number of para-hydroxylation sites is 2. The zero-order valence-corrected chi connectivity index (χ0v) is 17.7. The minimum absolute atomic E-state index is 0.0440. The maximum atomic E-state index is 12.7. The van der Waals surface area contributed by atoms with E-state index in [1.165, 1.54) is 0 Å². The molecule has 160 valence electrons. The Morgan fingerprint density at radius 3 is 2.87 bits per heavy atom. The van der Waals surface area contributed by atoms with E-state index in [2.05, 4.69) is 9.97 Å². The summed E-state index contributed by atoms with van der Waals surface area (Å²) in [6, 6.07) is 7.59. The molecule has 0 aliphatic heterocycles. The van der Waals surface area contributed by atoms with Crippen LogP contribution in [-0.4, -0.2) is 60.8 Å². The van der Waals surface area contributed by atoms with Crippen LogP contribution < -0.4 is 0 Å². The molecule has 2 heterocycles. The van der Waals surface area contributed by atoms with Crippen LogP contribution in [0.3, 0.4) is 0 Å². The average Bonchev–Trinajstić information content (AvgIpc) is 3.31. The van der Waals surface area contributed by atoms with Gasteiger partial charge in [-0.1, -0.05) is 12.1 Å². The monoisotopic (exact) mass is 411 g/mol. The fourth-order valence-corrected chi connectivity index (χ4v) is 4.44. The molecule has 0 spiro atoms. The zero-order chi connectivity index (χ0) is 21.3. The van der Waals surface area contributed by atoms with Crippen LogP contribution in [-0.2, 0) is 23.2 Å². The van der Waals surface area contributed by atoms with Crippen molar-refractivity contribution < 1.29 is 14.6 Å². The highest BCUT2D eigenvalue weighted by Gasteiger charge is 2.37. The molecule has 3 atom stereocenters. The normalized spacial score (nSPS) is 21.8. The molecule has 0 bridgehead atoms. The second-order valence-electron chi connectivity index (χ2n) is 8.01. The van der Waals surface area contributed by atoms with Gasteiger partial charge in [0.05, 0.1) is 29.2 Å². The topological polar surface area (TPSA) is 85.4 Å². The Balaban J connectivity index is 1.36. The summed E-state index contributed by atoms with van der Waals surface area (Å²) in [6.07, 6.45) is 5.60. The third-order valence-electron chi connectivity index (χ3n) is 6.24. The van der Waals surface area contributed by atoms with Crippen molar-refractivity contribution in [2.75, 3.05) is 13.7 Å². The van der Waals surface area contributed by atoms with E-state index in [0.717, 1.165) is 41.9 Å². The molecule has 1 fully saturated rings. The molecule has 1 aromatic carbocycles. The lowest BCUT2D eigenvalue weighted by atomic mass is 9.87. The van der Waals surface area contributed by atoms with E-state index in [4.69, 9.17) is 4.74 Å². The standard InChI is InChI=1S/C22H29N5O3/c1-15-23-11-12-27(15)19-10-6-9-18(22(19)29)26(3)21(28)14-30-13-20-24-16-7-4-5-8-17(16)25(20)2/h4-5,7-8,11-12,18-19,22,29H,6,9-10,13-14H2,1-3H3/t18-,19-,22-/m1/s1. The number of aliphatic hydroxyl groups is 1. The van der Waals surface area contributed by atoms with E-state index in [-0.39, 0.29) is 31.2 Å². The first-order valence-electron chi connectivity index (χ1n) is 10.4. The van der Waals surface area contributed by atoms with Crippen molar-refractivity contribution in [1.82, 2.24) is 24.0 Å². The number of nitrogens with zero attached hydrogens (tertiary/aromatic N) is 5. The number of hydrogen-bond donors (Lipinski definition) is 1. The lowest BCUT2D eigenvalue weighted by Gasteiger charge is -2.40. The molecule has 0 radical (unpaired) electrons. The highest BCUT2D eigenvalue weighted by atomic mass is 16.5. The maximum Gasteiger partial charge on any atom is 0.248 e. The third-order valence-corrected chi connectivity index (χ3v) is 6.24. The van der Waals surface area contributed by atoms with Crippen LogP contribution in [0.2, 0.25) is 0 Å². The number of aliphatic hydroxyl groups excluding tert-OH is 1. The summed E-state index contributed by atoms with van der Waals surface area (Å²) in [6.45, 7) is 2.15. The molecule has 0 unspecified atom stereocenters. The van der Waals surface area contributed by atoms with E-state index in [0.29, 0.717) is 0 Å². The Hall–Kier alpha value is -2.71. The summed E-state index contributed by atoms with van der Waals surface area (Å²) in [5.74, 6) is 1.51. The molecule has 0 saturated heterocycles. The Morgan fingerprint density at radius 1 is 1.33 bits per heavy atom. The SMILES string of the molecule is Cc1nccn1[C@@H]1CCC[C@@H](N(C)C(=O)COCc2nc3ccccc3n2C)[C@H]1O. The highest BCUT2D eigenvalue weighted by molar-refractivity contribution is 5.77. The van der Waals surface area contributed by atoms with Gasteiger partial charge in [0.25, 0.3) is 0 Å². The second-order valence-corrected chi connectivity index (χ2v) is 8.01. The van der Waals surface area contributed by atoms with Crippen molar-refractivity contribution in [3.8, 4) is 0 Å². The van der Waals surface area contributed by atoms with Gasteiger partial charge in [-0.05, 0) is 38.3 Å². The van der Waals surface area contributed by atoms with Crippen molar-refractivity contribution in [2.24, 2.45) is 7.05 Å². The number of carbonyl (C=O) groups is 1. The number of amides is 1. The number of rotatable bonds is 6. The first-order valence-corrected chi connectivity index (χ1v) is 10.4. The minimum Gasteiger partial charge on any atom is -0.389 e. The Morgan fingerprint density at radius 2 is 2.13 bits per heavy atom. The van der Waals surface area contributed by atoms with Crippen molar-refractivity contribution in [1.29, 1.82) is 0 Å². The molecule has 1 N–H and O–H groups in total. The third kappa shape index (κ3) is 3.85. The lowest BCUT2D eigenvalue weighted by Crippen LogP contribution is -2.51. The summed E-state index contributed by atoms with van der Waals surface area (Å²) < 4.78 is 9.68. The highest BCUT2D eigenvalue weighted by Crippen LogP contribution is 2.32. The van der Waals surface area contributed by atoms with E-state index < -0.39 is 6.10 Å². The number of aryl methyl sites for hydroxylation is 2. The van der Waals surface area contributed by atoms with Gasteiger partial charge in [0.15, 0.2) is 0 Å². The molecule has 30 heavy (non-hydrogen) atoms. The minimum atomic E-state index is -0.638.